The molecule has 2 N–H and O–H groups in total. The lowest BCUT2D eigenvalue weighted by atomic mass is 10.1. The monoisotopic (exact) mass is 313 g/mol. The summed E-state index contributed by atoms with van der Waals surface area (Å²) in [6.07, 6.45) is 3.00. The predicted octanol–water partition coefficient (Wildman–Crippen LogP) is 2.61. The van der Waals surface area contributed by atoms with E-state index in [0.717, 1.165) is 27.8 Å². The number of nitrogens with zero attached hydrogens (tertiary/aromatic N) is 2. The molecule has 2 aromatic heterocycles. The Labute approximate surface area is 131 Å². The van der Waals surface area contributed by atoms with Crippen molar-refractivity contribution in [2.75, 3.05) is 5.73 Å². The minimum atomic E-state index is -0.498. The first kappa shape index (κ1) is 14.5. The molecule has 1 aromatic carbocycles. The summed E-state index contributed by atoms with van der Waals surface area (Å²) >= 11 is 1.46. The Kier molecular flexibility index (Phi) is 3.77. The van der Waals surface area contributed by atoms with Gasteiger partial charge in [-0.25, -0.2) is 4.98 Å². The summed E-state index contributed by atoms with van der Waals surface area (Å²) in [5.41, 5.74) is 7.07. The number of aryl methyl sites for hydroxylation is 3. The number of carbonyl (C=O) groups is 2. The van der Waals surface area contributed by atoms with E-state index >= 15 is 0 Å². The van der Waals surface area contributed by atoms with Crippen molar-refractivity contribution in [1.82, 2.24) is 9.55 Å². The number of aromatic nitrogens is 2. The highest BCUT2D eigenvalue weighted by molar-refractivity contribution is 7.15. The van der Waals surface area contributed by atoms with Gasteiger partial charge in [0.1, 0.15) is 5.69 Å². The van der Waals surface area contributed by atoms with Crippen molar-refractivity contribution in [3.8, 4) is 0 Å². The maximum absolute atomic E-state index is 12.0. The Morgan fingerprint density at radius 1 is 1.41 bits per heavy atom. The van der Waals surface area contributed by atoms with Gasteiger partial charge in [0.25, 0.3) is 0 Å². The van der Waals surface area contributed by atoms with Crippen LogP contribution in [-0.2, 0) is 17.8 Å². The second-order valence-electron chi connectivity index (χ2n) is 5.05. The van der Waals surface area contributed by atoms with Gasteiger partial charge in [0.15, 0.2) is 11.4 Å². The molecule has 6 heteroatoms. The van der Waals surface area contributed by atoms with Gasteiger partial charge in [0.2, 0.25) is 5.78 Å². The van der Waals surface area contributed by atoms with E-state index in [4.69, 9.17) is 5.73 Å². The molecule has 0 aliphatic carbocycles. The summed E-state index contributed by atoms with van der Waals surface area (Å²) in [5, 5.41) is 2.31. The SMILES string of the molecule is Cc1nc(N)sc1CCn1cc2ccccc2c1C(=O)C=O. The number of nitrogens with two attached hydrogens (primary N) is 1. The lowest BCUT2D eigenvalue weighted by molar-refractivity contribution is -0.104. The summed E-state index contributed by atoms with van der Waals surface area (Å²) < 4.78 is 1.84. The third-order valence-electron chi connectivity index (χ3n) is 3.63. The molecule has 0 aliphatic rings. The van der Waals surface area contributed by atoms with Crippen LogP contribution in [0.4, 0.5) is 5.13 Å². The van der Waals surface area contributed by atoms with Gasteiger partial charge in [-0.15, -0.1) is 11.3 Å². The summed E-state index contributed by atoms with van der Waals surface area (Å²) in [6, 6.07) is 7.57. The Hall–Kier alpha value is -2.47. The first-order valence-electron chi connectivity index (χ1n) is 6.89. The van der Waals surface area contributed by atoms with E-state index in [1.165, 1.54) is 11.3 Å². The zero-order chi connectivity index (χ0) is 15.7. The van der Waals surface area contributed by atoms with Crippen molar-refractivity contribution < 1.29 is 9.59 Å². The molecule has 0 aliphatic heterocycles. The predicted molar refractivity (Wildman–Crippen MR) is 87.3 cm³/mol. The number of ketones is 1. The maximum Gasteiger partial charge on any atom is 0.242 e. The molecule has 112 valence electrons. The largest absolute Gasteiger partial charge is 0.375 e. The zero-order valence-corrected chi connectivity index (χ0v) is 12.9. The van der Waals surface area contributed by atoms with Gasteiger partial charge >= 0.3 is 0 Å². The summed E-state index contributed by atoms with van der Waals surface area (Å²) in [6.45, 7) is 2.53. The van der Waals surface area contributed by atoms with Crippen LogP contribution in [0.3, 0.4) is 0 Å². The first-order valence-corrected chi connectivity index (χ1v) is 7.71. The molecular formula is C16H15N3O2S. The fraction of sp³-hybridized carbons (Fsp3) is 0.188. The van der Waals surface area contributed by atoms with Crippen molar-refractivity contribution in [3.05, 3.63) is 46.7 Å². The average molecular weight is 313 g/mol. The highest BCUT2D eigenvalue weighted by atomic mass is 32.1. The van der Waals surface area contributed by atoms with Crippen LogP contribution < -0.4 is 5.73 Å². The van der Waals surface area contributed by atoms with Crippen molar-refractivity contribution >= 4 is 39.3 Å². The highest BCUT2D eigenvalue weighted by Gasteiger charge is 2.16. The standard InChI is InChI=1S/C16H15N3O2S/c1-10-14(22-16(17)18-10)6-7-19-8-11-4-2-3-5-12(11)15(19)13(21)9-20/h2-5,8-9H,6-7H2,1H3,(H2,17,18). The number of aldehydes is 1. The summed E-state index contributed by atoms with van der Waals surface area (Å²) in [4.78, 5) is 28.2. The van der Waals surface area contributed by atoms with Crippen LogP contribution in [0.1, 0.15) is 21.1 Å². The fourth-order valence-electron chi connectivity index (χ4n) is 2.62. The number of rotatable bonds is 5. The van der Waals surface area contributed by atoms with Crippen molar-refractivity contribution in [2.24, 2.45) is 0 Å². The number of hydrogen-bond donors (Lipinski definition) is 1. The zero-order valence-electron chi connectivity index (χ0n) is 12.1. The number of thiazole rings is 1. The number of hydrogen-bond acceptors (Lipinski definition) is 5. The van der Waals surface area contributed by atoms with E-state index in [0.29, 0.717) is 23.7 Å². The first-order chi connectivity index (χ1) is 10.6. The minimum Gasteiger partial charge on any atom is -0.375 e. The summed E-state index contributed by atoms with van der Waals surface area (Å²) in [7, 11) is 0. The molecule has 3 aromatic rings. The Bertz CT molecular complexity index is 864. The number of fused-ring (bicyclic) bond motifs is 1. The van der Waals surface area contributed by atoms with Gasteiger partial charge in [-0.05, 0) is 6.92 Å². The van der Waals surface area contributed by atoms with Crippen LogP contribution in [0.25, 0.3) is 10.8 Å². The second kappa shape index (κ2) is 5.73. The van der Waals surface area contributed by atoms with Gasteiger partial charge < -0.3 is 10.3 Å². The molecule has 0 amide bonds. The number of carbonyl (C=O) groups excluding carboxylic acids is 2. The van der Waals surface area contributed by atoms with Crippen molar-refractivity contribution in [3.63, 3.8) is 0 Å². The van der Waals surface area contributed by atoms with Crippen LogP contribution in [0.2, 0.25) is 0 Å². The van der Waals surface area contributed by atoms with E-state index in [2.05, 4.69) is 4.98 Å². The second-order valence-corrected chi connectivity index (χ2v) is 6.17. The Balaban J connectivity index is 1.97. The van der Waals surface area contributed by atoms with Crippen LogP contribution in [0.15, 0.2) is 30.5 Å². The molecule has 0 bridgehead atoms. The molecule has 0 radical (unpaired) electrons. The number of benzene rings is 1. The number of nitrogen functional groups attached to an aromatic ring is 1. The normalized spacial score (nSPS) is 11.0. The molecule has 0 spiro atoms. The quantitative estimate of drug-likeness (QED) is 0.446. The van der Waals surface area contributed by atoms with Gasteiger partial charge in [0.05, 0.1) is 5.69 Å². The van der Waals surface area contributed by atoms with E-state index in [1.807, 2.05) is 42.0 Å². The van der Waals surface area contributed by atoms with Gasteiger partial charge in [-0.1, -0.05) is 24.3 Å². The highest BCUT2D eigenvalue weighted by Crippen LogP contribution is 2.24. The van der Waals surface area contributed by atoms with Gasteiger partial charge in [0, 0.05) is 34.8 Å². The van der Waals surface area contributed by atoms with Gasteiger partial charge in [-0.2, -0.15) is 0 Å². The van der Waals surface area contributed by atoms with E-state index in [-0.39, 0.29) is 0 Å². The van der Waals surface area contributed by atoms with Crippen LogP contribution in [-0.4, -0.2) is 21.6 Å². The molecule has 0 saturated carbocycles. The average Bonchev–Trinajstić information content (AvgIpc) is 3.03. The number of anilines is 1. The molecule has 0 fully saturated rings. The van der Waals surface area contributed by atoms with E-state index in [1.54, 1.807) is 0 Å². The Morgan fingerprint density at radius 2 is 2.18 bits per heavy atom. The van der Waals surface area contributed by atoms with Crippen molar-refractivity contribution in [2.45, 2.75) is 19.9 Å². The molecule has 0 unspecified atom stereocenters. The van der Waals surface area contributed by atoms with Crippen LogP contribution in [0, 0.1) is 6.92 Å². The molecule has 2 heterocycles. The molecule has 3 rings (SSSR count). The third kappa shape index (κ3) is 2.53. The van der Waals surface area contributed by atoms with Crippen LogP contribution >= 0.6 is 11.3 Å². The van der Waals surface area contributed by atoms with E-state index in [9.17, 15) is 9.59 Å². The molecular weight excluding hydrogens is 298 g/mol. The van der Waals surface area contributed by atoms with E-state index < -0.39 is 5.78 Å². The summed E-state index contributed by atoms with van der Waals surface area (Å²) in [5.74, 6) is -0.498. The number of Topliss-reactive ketones (excluding diaryl/α,β-unsaturated/α-hetero) is 1. The minimum absolute atomic E-state index is 0.369. The maximum atomic E-state index is 12.0. The van der Waals surface area contributed by atoms with Gasteiger partial charge in [-0.3, -0.25) is 9.59 Å². The molecule has 5 nitrogen and oxygen atoms in total. The topological polar surface area (TPSA) is 78.0 Å². The van der Waals surface area contributed by atoms with Crippen LogP contribution in [0.5, 0.6) is 0 Å². The third-order valence-corrected chi connectivity index (χ3v) is 4.67. The Morgan fingerprint density at radius 3 is 2.86 bits per heavy atom. The fourth-order valence-corrected chi connectivity index (χ4v) is 3.45. The molecule has 22 heavy (non-hydrogen) atoms. The lowest BCUT2D eigenvalue weighted by Crippen LogP contribution is -2.11. The molecule has 0 saturated heterocycles. The van der Waals surface area contributed by atoms with Crippen molar-refractivity contribution in [1.29, 1.82) is 0 Å². The lowest BCUT2D eigenvalue weighted by Gasteiger charge is -2.06. The smallest absolute Gasteiger partial charge is 0.242 e. The molecule has 0 atom stereocenters.